The average Bonchev–Trinajstić information content (AvgIpc) is 3.02. The Balaban J connectivity index is 2.02. The van der Waals surface area contributed by atoms with Crippen LogP contribution in [0.1, 0.15) is 39.5 Å². The third-order valence-corrected chi connectivity index (χ3v) is 3.76. The highest BCUT2D eigenvalue weighted by atomic mass is 16.2. The Hall–Kier alpha value is -2.03. The van der Waals surface area contributed by atoms with Crippen LogP contribution in [0.15, 0.2) is 48.8 Å². The monoisotopic (exact) mass is 284 g/mol. The summed E-state index contributed by atoms with van der Waals surface area (Å²) in [6, 6.07) is 12.3. The molecule has 0 aliphatic rings. The van der Waals surface area contributed by atoms with E-state index in [2.05, 4.69) is 19.2 Å². The fourth-order valence-corrected chi connectivity index (χ4v) is 2.40. The van der Waals surface area contributed by atoms with Gasteiger partial charge in [0.15, 0.2) is 0 Å². The first-order valence-electron chi connectivity index (χ1n) is 7.78. The van der Waals surface area contributed by atoms with Gasteiger partial charge in [0.25, 0.3) is 0 Å². The zero-order chi connectivity index (χ0) is 15.1. The Bertz CT molecular complexity index is 560. The molecule has 1 aromatic heterocycles. The summed E-state index contributed by atoms with van der Waals surface area (Å²) in [5, 5.41) is 3.11. The fourth-order valence-electron chi connectivity index (χ4n) is 2.40. The number of nitrogens with zero attached hydrogens (tertiary/aromatic N) is 1. The van der Waals surface area contributed by atoms with E-state index < -0.39 is 0 Å². The number of hydrogen-bond donors (Lipinski definition) is 1. The van der Waals surface area contributed by atoms with Gasteiger partial charge in [-0.05, 0) is 30.0 Å². The van der Waals surface area contributed by atoms with Crippen molar-refractivity contribution in [2.24, 2.45) is 0 Å². The Morgan fingerprint density at radius 3 is 2.57 bits per heavy atom. The predicted octanol–water partition coefficient (Wildman–Crippen LogP) is 4.68. The minimum Gasteiger partial charge on any atom is -0.335 e. The molecule has 0 aliphatic heterocycles. The topological polar surface area (TPSA) is 34.0 Å². The van der Waals surface area contributed by atoms with E-state index in [9.17, 15) is 4.79 Å². The Labute approximate surface area is 127 Å². The van der Waals surface area contributed by atoms with Crippen molar-refractivity contribution in [3.05, 3.63) is 48.8 Å². The van der Waals surface area contributed by atoms with Crippen molar-refractivity contribution in [1.29, 1.82) is 0 Å². The summed E-state index contributed by atoms with van der Waals surface area (Å²) in [6.45, 7) is 4.29. The lowest BCUT2D eigenvalue weighted by Gasteiger charge is -2.16. The number of hydrogen-bond acceptors (Lipinski definition) is 1. The smallest absolute Gasteiger partial charge is 0.325 e. The molecule has 0 fully saturated rings. The lowest BCUT2D eigenvalue weighted by Crippen LogP contribution is -2.36. The molecule has 2 aromatic rings. The number of carbonyl (C=O) groups is 1. The van der Waals surface area contributed by atoms with Crippen LogP contribution >= 0.6 is 0 Å². The van der Waals surface area contributed by atoms with E-state index >= 15 is 0 Å². The first kappa shape index (κ1) is 15.4. The van der Waals surface area contributed by atoms with Crippen molar-refractivity contribution in [3.63, 3.8) is 0 Å². The first-order chi connectivity index (χ1) is 10.2. The van der Waals surface area contributed by atoms with Gasteiger partial charge in [-0.15, -0.1) is 0 Å². The van der Waals surface area contributed by atoms with Crippen molar-refractivity contribution < 1.29 is 4.79 Å². The zero-order valence-corrected chi connectivity index (χ0v) is 12.9. The molecule has 112 valence electrons. The van der Waals surface area contributed by atoms with Crippen molar-refractivity contribution in [2.45, 2.75) is 45.6 Å². The lowest BCUT2D eigenvalue weighted by atomic mass is 10.1. The summed E-state index contributed by atoms with van der Waals surface area (Å²) in [7, 11) is 0. The van der Waals surface area contributed by atoms with E-state index in [1.807, 2.05) is 48.8 Å². The van der Waals surface area contributed by atoms with Crippen molar-refractivity contribution in [3.8, 4) is 11.1 Å². The fraction of sp³-hybridized carbons (Fsp3) is 0.389. The summed E-state index contributed by atoms with van der Waals surface area (Å²) in [6.07, 6.45) is 8.04. The van der Waals surface area contributed by atoms with E-state index in [-0.39, 0.29) is 12.1 Å². The van der Waals surface area contributed by atoms with Crippen LogP contribution in [0.3, 0.4) is 0 Å². The molecule has 1 unspecified atom stereocenters. The molecule has 0 saturated carbocycles. The van der Waals surface area contributed by atoms with Gasteiger partial charge in [0.05, 0.1) is 0 Å². The van der Waals surface area contributed by atoms with Crippen LogP contribution in [0.2, 0.25) is 0 Å². The molecule has 2 rings (SSSR count). The van der Waals surface area contributed by atoms with Gasteiger partial charge in [-0.3, -0.25) is 4.57 Å². The maximum Gasteiger partial charge on any atom is 0.325 e. The average molecular weight is 284 g/mol. The van der Waals surface area contributed by atoms with E-state index in [1.54, 1.807) is 4.57 Å². The first-order valence-corrected chi connectivity index (χ1v) is 7.78. The molecule has 1 atom stereocenters. The third-order valence-electron chi connectivity index (χ3n) is 3.76. The van der Waals surface area contributed by atoms with Crippen molar-refractivity contribution in [2.75, 3.05) is 0 Å². The highest BCUT2D eigenvalue weighted by Gasteiger charge is 2.11. The maximum absolute atomic E-state index is 12.3. The van der Waals surface area contributed by atoms with Gasteiger partial charge in [-0.25, -0.2) is 4.79 Å². The van der Waals surface area contributed by atoms with Crippen molar-refractivity contribution in [1.82, 2.24) is 9.88 Å². The number of benzene rings is 1. The van der Waals surface area contributed by atoms with Gasteiger partial charge in [-0.1, -0.05) is 57.0 Å². The number of unbranched alkanes of at least 4 members (excludes halogenated alkanes) is 1. The van der Waals surface area contributed by atoms with Crippen LogP contribution in [0.4, 0.5) is 4.79 Å². The molecule has 3 nitrogen and oxygen atoms in total. The molecule has 0 bridgehead atoms. The number of amides is 1. The molecule has 21 heavy (non-hydrogen) atoms. The standard InChI is InChI=1S/C18H24N2O/c1-3-5-11-17(4-2)19-18(21)20-13-12-16(14-20)15-9-7-6-8-10-15/h6-10,12-14,17H,3-5,11H2,1-2H3,(H,19,21). The molecule has 0 radical (unpaired) electrons. The summed E-state index contributed by atoms with van der Waals surface area (Å²) in [5.74, 6) is 0. The number of rotatable bonds is 6. The lowest BCUT2D eigenvalue weighted by molar-refractivity contribution is 0.237. The Morgan fingerprint density at radius 1 is 1.14 bits per heavy atom. The number of nitrogens with one attached hydrogen (secondary N) is 1. The van der Waals surface area contributed by atoms with Crippen LogP contribution in [-0.2, 0) is 0 Å². The summed E-state index contributed by atoms with van der Waals surface area (Å²) in [4.78, 5) is 12.3. The molecule has 0 spiro atoms. The predicted molar refractivity (Wildman–Crippen MR) is 87.4 cm³/mol. The van der Waals surface area contributed by atoms with E-state index in [1.165, 1.54) is 0 Å². The minimum atomic E-state index is -0.0415. The Morgan fingerprint density at radius 2 is 1.90 bits per heavy atom. The largest absolute Gasteiger partial charge is 0.335 e. The van der Waals surface area contributed by atoms with Gasteiger partial charge in [0, 0.05) is 18.4 Å². The molecule has 1 aromatic carbocycles. The van der Waals surface area contributed by atoms with Crippen LogP contribution in [-0.4, -0.2) is 16.6 Å². The maximum atomic E-state index is 12.3. The van der Waals surface area contributed by atoms with Crippen LogP contribution < -0.4 is 5.32 Å². The summed E-state index contributed by atoms with van der Waals surface area (Å²) >= 11 is 0. The van der Waals surface area contributed by atoms with Crippen LogP contribution in [0.5, 0.6) is 0 Å². The minimum absolute atomic E-state index is 0.0415. The quantitative estimate of drug-likeness (QED) is 0.821. The Kier molecular flexibility index (Phi) is 5.61. The molecule has 1 N–H and O–H groups in total. The summed E-state index contributed by atoms with van der Waals surface area (Å²) in [5.41, 5.74) is 2.19. The van der Waals surface area contributed by atoms with Gasteiger partial charge >= 0.3 is 6.03 Å². The highest BCUT2D eigenvalue weighted by molar-refractivity contribution is 5.79. The second-order valence-corrected chi connectivity index (χ2v) is 5.37. The molecule has 3 heteroatoms. The normalized spacial score (nSPS) is 12.1. The van der Waals surface area contributed by atoms with E-state index in [0.29, 0.717) is 0 Å². The molecule has 0 aliphatic carbocycles. The van der Waals surface area contributed by atoms with Crippen LogP contribution in [0.25, 0.3) is 11.1 Å². The second kappa shape index (κ2) is 7.67. The molecule has 0 saturated heterocycles. The second-order valence-electron chi connectivity index (χ2n) is 5.37. The SMILES string of the molecule is CCCCC(CC)NC(=O)n1ccc(-c2ccccc2)c1. The zero-order valence-electron chi connectivity index (χ0n) is 12.9. The molecular formula is C18H24N2O. The number of aromatic nitrogens is 1. The van der Waals surface area contributed by atoms with E-state index in [0.717, 1.165) is 36.8 Å². The van der Waals surface area contributed by atoms with E-state index in [4.69, 9.17) is 0 Å². The summed E-state index contributed by atoms with van der Waals surface area (Å²) < 4.78 is 1.64. The van der Waals surface area contributed by atoms with Crippen molar-refractivity contribution >= 4 is 6.03 Å². The molecule has 1 heterocycles. The highest BCUT2D eigenvalue weighted by Crippen LogP contribution is 2.19. The van der Waals surface area contributed by atoms with Gasteiger partial charge in [-0.2, -0.15) is 0 Å². The van der Waals surface area contributed by atoms with Gasteiger partial charge < -0.3 is 5.32 Å². The molecular weight excluding hydrogens is 260 g/mol. The van der Waals surface area contributed by atoms with Gasteiger partial charge in [0.2, 0.25) is 0 Å². The molecule has 1 amide bonds. The van der Waals surface area contributed by atoms with Crippen LogP contribution in [0, 0.1) is 0 Å². The van der Waals surface area contributed by atoms with Gasteiger partial charge in [0.1, 0.15) is 0 Å². The third kappa shape index (κ3) is 4.22. The number of carbonyl (C=O) groups excluding carboxylic acids is 1.